The van der Waals surface area contributed by atoms with E-state index in [-0.39, 0.29) is 51.9 Å². The number of carboxylic acid groups (broad SMARTS) is 2. The van der Waals surface area contributed by atoms with E-state index in [0.717, 1.165) is 0 Å². The minimum absolute atomic E-state index is 0. The van der Waals surface area contributed by atoms with E-state index in [1.54, 1.807) is 0 Å². The Morgan fingerprint density at radius 2 is 1.75 bits per heavy atom. The molecule has 5 nitrogen and oxygen atoms in total. The molecule has 0 aliphatic heterocycles. The van der Waals surface area contributed by atoms with Crippen LogP contribution in [-0.4, -0.2) is 45.6 Å². The second-order valence-electron chi connectivity index (χ2n) is 1.88. The Bertz CT molecular complexity index is 154. The fourth-order valence-electron chi connectivity index (χ4n) is 0.402. The van der Waals surface area contributed by atoms with Crippen molar-refractivity contribution in [2.45, 2.75) is 18.9 Å². The van der Waals surface area contributed by atoms with E-state index in [1.807, 2.05) is 0 Å². The van der Waals surface area contributed by atoms with E-state index in [4.69, 9.17) is 15.9 Å². The fourth-order valence-corrected chi connectivity index (χ4v) is 0.402. The third kappa shape index (κ3) is 10.1. The van der Waals surface area contributed by atoms with Crippen LogP contribution in [0.1, 0.15) is 12.8 Å². The summed E-state index contributed by atoms with van der Waals surface area (Å²) in [5.74, 6) is -2.20. The van der Waals surface area contributed by atoms with E-state index in [1.165, 1.54) is 0 Å². The Hall–Kier alpha value is 0.147. The normalized spacial score (nSPS) is 10.4. The number of hydrogen-bond donors (Lipinski definition) is 3. The van der Waals surface area contributed by atoms with Crippen molar-refractivity contribution in [3.05, 3.63) is 0 Å². The molecule has 0 bridgehead atoms. The van der Waals surface area contributed by atoms with Gasteiger partial charge >= 0.3 is 11.9 Å². The number of hydrogen-bond acceptors (Lipinski definition) is 3. The maximum Gasteiger partial charge on any atom is 0.320 e. The standard InChI is InChI=1S/C5H9NO4.Al.Ti/c6-3(5(9)10)1-2-4(7)8;;/h3H,1-2,6H2,(H,7,8)(H,9,10);;/t3-;;/m0../s1. The van der Waals surface area contributed by atoms with Crippen LogP contribution in [0.15, 0.2) is 0 Å². The molecule has 1 atom stereocenters. The van der Waals surface area contributed by atoms with Gasteiger partial charge in [0.05, 0.1) is 0 Å². The summed E-state index contributed by atoms with van der Waals surface area (Å²) in [5.41, 5.74) is 5.00. The largest absolute Gasteiger partial charge is 0.481 e. The molecule has 0 aliphatic rings. The van der Waals surface area contributed by atoms with Gasteiger partial charge in [0.2, 0.25) is 0 Å². The first-order valence-corrected chi connectivity index (χ1v) is 2.74. The van der Waals surface area contributed by atoms with Crippen molar-refractivity contribution in [2.75, 3.05) is 0 Å². The van der Waals surface area contributed by atoms with Gasteiger partial charge in [-0.25, -0.2) is 0 Å². The topological polar surface area (TPSA) is 101 Å². The van der Waals surface area contributed by atoms with Crippen molar-refractivity contribution >= 4 is 29.3 Å². The van der Waals surface area contributed by atoms with Gasteiger partial charge in [-0.05, 0) is 6.42 Å². The van der Waals surface area contributed by atoms with E-state index in [2.05, 4.69) is 0 Å². The van der Waals surface area contributed by atoms with Crippen LogP contribution in [-0.2, 0) is 31.3 Å². The summed E-state index contributed by atoms with van der Waals surface area (Å²) in [6.45, 7) is 0. The first-order chi connectivity index (χ1) is 4.54. The van der Waals surface area contributed by atoms with Crippen LogP contribution >= 0.6 is 0 Å². The Balaban J connectivity index is -0.000000405. The summed E-state index contributed by atoms with van der Waals surface area (Å²) in [7, 11) is 0. The van der Waals surface area contributed by atoms with Gasteiger partial charge in [0, 0.05) is 45.5 Å². The van der Waals surface area contributed by atoms with Crippen molar-refractivity contribution in [1.29, 1.82) is 0 Å². The van der Waals surface area contributed by atoms with Crippen molar-refractivity contribution < 1.29 is 41.5 Å². The number of carbonyl (C=O) groups is 2. The SMILES string of the molecule is N[C@@H](CCC(=O)O)C(=O)O.[Al].[Ti]. The number of aliphatic carboxylic acids is 2. The Morgan fingerprint density at radius 3 is 2.00 bits per heavy atom. The smallest absolute Gasteiger partial charge is 0.320 e. The van der Waals surface area contributed by atoms with E-state index < -0.39 is 18.0 Å². The van der Waals surface area contributed by atoms with Crippen LogP contribution in [0.5, 0.6) is 0 Å². The molecule has 0 saturated heterocycles. The predicted molar refractivity (Wildman–Crippen MR) is 38.2 cm³/mol. The quantitative estimate of drug-likeness (QED) is 0.523. The minimum atomic E-state index is -1.17. The molecule has 3 radical (unpaired) electrons. The second kappa shape index (κ2) is 9.24. The van der Waals surface area contributed by atoms with Crippen LogP contribution in [0.2, 0.25) is 0 Å². The van der Waals surface area contributed by atoms with Crippen molar-refractivity contribution in [2.24, 2.45) is 5.73 Å². The zero-order chi connectivity index (χ0) is 8.15. The molecule has 7 heteroatoms. The molecule has 0 aromatic rings. The molecule has 12 heavy (non-hydrogen) atoms. The molecular weight excluding hydrogens is 213 g/mol. The minimum Gasteiger partial charge on any atom is -0.481 e. The summed E-state index contributed by atoms with van der Waals surface area (Å²) in [4.78, 5) is 19.9. The molecule has 0 heterocycles. The Kier molecular flexibility index (Phi) is 13.9. The first kappa shape index (κ1) is 18.0. The summed E-state index contributed by atoms with van der Waals surface area (Å²) in [5, 5.41) is 16.3. The second-order valence-corrected chi connectivity index (χ2v) is 1.88. The zero-order valence-electron chi connectivity index (χ0n) is 6.36. The molecule has 0 spiro atoms. The fraction of sp³-hybridized carbons (Fsp3) is 0.600. The molecule has 65 valence electrons. The van der Waals surface area contributed by atoms with E-state index in [9.17, 15) is 9.59 Å². The molecule has 4 N–H and O–H groups in total. The van der Waals surface area contributed by atoms with Crippen LogP contribution in [0, 0.1) is 0 Å². The molecule has 0 aliphatic carbocycles. The monoisotopic (exact) mass is 222 g/mol. The maximum absolute atomic E-state index is 9.99. The van der Waals surface area contributed by atoms with Gasteiger partial charge in [-0.1, -0.05) is 0 Å². The molecule has 0 aromatic carbocycles. The number of rotatable bonds is 4. The summed E-state index contributed by atoms with van der Waals surface area (Å²) < 4.78 is 0. The molecule has 0 rings (SSSR count). The number of carboxylic acids is 2. The molecule has 0 unspecified atom stereocenters. The van der Waals surface area contributed by atoms with Crippen LogP contribution in [0.25, 0.3) is 0 Å². The van der Waals surface area contributed by atoms with Crippen LogP contribution < -0.4 is 5.73 Å². The molecular formula is C5H9AlNO4Ti. The zero-order valence-corrected chi connectivity index (χ0v) is 9.07. The van der Waals surface area contributed by atoms with Gasteiger partial charge in [-0.3, -0.25) is 9.59 Å². The predicted octanol–water partition coefficient (Wildman–Crippen LogP) is -1.12. The Morgan fingerprint density at radius 1 is 1.33 bits per heavy atom. The number of nitrogens with two attached hydrogens (primary N) is 1. The summed E-state index contributed by atoms with van der Waals surface area (Å²) in [6, 6.07) is -1.06. The van der Waals surface area contributed by atoms with Gasteiger partial charge in [-0.15, -0.1) is 0 Å². The maximum atomic E-state index is 9.99. The van der Waals surface area contributed by atoms with Crippen molar-refractivity contribution in [3.63, 3.8) is 0 Å². The third-order valence-electron chi connectivity index (χ3n) is 0.986. The summed E-state index contributed by atoms with van der Waals surface area (Å²) in [6.07, 6.45) is -0.224. The van der Waals surface area contributed by atoms with Crippen LogP contribution in [0.4, 0.5) is 0 Å². The molecule has 0 saturated carbocycles. The average Bonchev–Trinajstić information content (AvgIpc) is 1.82. The van der Waals surface area contributed by atoms with Crippen LogP contribution in [0.3, 0.4) is 0 Å². The average molecular weight is 222 g/mol. The van der Waals surface area contributed by atoms with Gasteiger partial charge in [-0.2, -0.15) is 0 Å². The molecule has 0 amide bonds. The molecule has 0 fully saturated rings. The van der Waals surface area contributed by atoms with Crippen molar-refractivity contribution in [3.8, 4) is 0 Å². The van der Waals surface area contributed by atoms with Gasteiger partial charge in [0.15, 0.2) is 0 Å². The van der Waals surface area contributed by atoms with E-state index >= 15 is 0 Å². The van der Waals surface area contributed by atoms with Crippen molar-refractivity contribution in [1.82, 2.24) is 0 Å². The first-order valence-electron chi connectivity index (χ1n) is 2.74. The van der Waals surface area contributed by atoms with Gasteiger partial charge in [0.1, 0.15) is 6.04 Å². The Labute approximate surface area is 95.3 Å². The van der Waals surface area contributed by atoms with Gasteiger partial charge < -0.3 is 15.9 Å². The third-order valence-corrected chi connectivity index (χ3v) is 0.986. The summed E-state index contributed by atoms with van der Waals surface area (Å²) >= 11 is 0. The molecule has 0 aromatic heterocycles. The van der Waals surface area contributed by atoms with E-state index in [0.29, 0.717) is 0 Å². The van der Waals surface area contributed by atoms with Gasteiger partial charge in [0.25, 0.3) is 0 Å².